The Morgan fingerprint density at radius 1 is 1.36 bits per heavy atom. The second-order valence-electron chi connectivity index (χ2n) is 4.40. The molecule has 0 atom stereocenters. The van der Waals surface area contributed by atoms with E-state index in [1.807, 2.05) is 0 Å². The molecule has 0 aromatic heterocycles. The van der Waals surface area contributed by atoms with Crippen molar-refractivity contribution < 1.29 is 0 Å². The first-order valence-corrected chi connectivity index (χ1v) is 4.62. The average molecular weight is 154 g/mol. The molecule has 0 amide bonds. The summed E-state index contributed by atoms with van der Waals surface area (Å²) in [5.41, 5.74) is 1.79. The number of hydrogen-bond donors (Lipinski definition) is 0. The van der Waals surface area contributed by atoms with Crippen molar-refractivity contribution in [1.82, 2.24) is 0 Å². The minimum Gasteiger partial charge on any atom is -0.100 e. The second-order valence-corrected chi connectivity index (χ2v) is 4.40. The molecule has 0 saturated heterocycles. The molecule has 0 bridgehead atoms. The van der Waals surface area contributed by atoms with Gasteiger partial charge in [-0.3, -0.25) is 0 Å². The Hall–Kier alpha value is -0.260. The summed E-state index contributed by atoms with van der Waals surface area (Å²) in [6, 6.07) is 0. The molecule has 0 aromatic rings. The maximum absolute atomic E-state index is 3.95. The van der Waals surface area contributed by atoms with E-state index in [9.17, 15) is 0 Å². The molecule has 66 valence electrons. The summed E-state index contributed by atoms with van der Waals surface area (Å²) in [5, 5.41) is 0. The second kappa shape index (κ2) is 4.58. The van der Waals surface area contributed by atoms with Gasteiger partial charge < -0.3 is 0 Å². The largest absolute Gasteiger partial charge is 0.100 e. The van der Waals surface area contributed by atoms with Crippen molar-refractivity contribution in [3.05, 3.63) is 12.2 Å². The molecule has 0 nitrogen and oxygen atoms in total. The topological polar surface area (TPSA) is 0 Å². The van der Waals surface area contributed by atoms with Gasteiger partial charge in [0.25, 0.3) is 0 Å². The number of rotatable bonds is 5. The molecule has 0 rings (SSSR count). The lowest BCUT2D eigenvalue weighted by atomic mass is 9.82. The van der Waals surface area contributed by atoms with E-state index >= 15 is 0 Å². The fraction of sp³-hybridized carbons (Fsp3) is 0.818. The van der Waals surface area contributed by atoms with E-state index < -0.39 is 0 Å². The molecular formula is C11H22. The Morgan fingerprint density at radius 2 is 1.91 bits per heavy atom. The Labute approximate surface area is 71.7 Å². The summed E-state index contributed by atoms with van der Waals surface area (Å²) in [6.07, 6.45) is 5.16. The van der Waals surface area contributed by atoms with Crippen LogP contribution in [0.3, 0.4) is 0 Å². The van der Waals surface area contributed by atoms with E-state index in [2.05, 4.69) is 34.3 Å². The lowest BCUT2D eigenvalue weighted by Crippen LogP contribution is -2.10. The Balaban J connectivity index is 3.70. The van der Waals surface area contributed by atoms with E-state index in [-0.39, 0.29) is 0 Å². The van der Waals surface area contributed by atoms with Crippen LogP contribution >= 0.6 is 0 Å². The molecule has 0 aliphatic carbocycles. The molecule has 0 fully saturated rings. The van der Waals surface area contributed by atoms with E-state index in [1.54, 1.807) is 0 Å². The molecule has 0 aromatic carbocycles. The van der Waals surface area contributed by atoms with Crippen LogP contribution in [-0.4, -0.2) is 0 Å². The van der Waals surface area contributed by atoms with Gasteiger partial charge in [0.15, 0.2) is 0 Å². The van der Waals surface area contributed by atoms with Crippen LogP contribution < -0.4 is 0 Å². The maximum Gasteiger partial charge on any atom is -0.0274 e. The van der Waals surface area contributed by atoms with Gasteiger partial charge in [-0.15, -0.1) is 6.58 Å². The van der Waals surface area contributed by atoms with Crippen LogP contribution in [0.2, 0.25) is 0 Å². The summed E-state index contributed by atoms with van der Waals surface area (Å²) in [6.45, 7) is 13.0. The zero-order valence-corrected chi connectivity index (χ0v) is 8.54. The fourth-order valence-electron chi connectivity index (χ4n) is 1.56. The molecule has 0 radical (unpaired) electrons. The van der Waals surface area contributed by atoms with Crippen molar-refractivity contribution in [3.8, 4) is 0 Å². The monoisotopic (exact) mass is 154 g/mol. The van der Waals surface area contributed by atoms with Crippen LogP contribution in [0.15, 0.2) is 12.2 Å². The number of hydrogen-bond acceptors (Lipinski definition) is 0. The highest BCUT2D eigenvalue weighted by molar-refractivity contribution is 4.93. The van der Waals surface area contributed by atoms with Crippen molar-refractivity contribution in [1.29, 1.82) is 0 Å². The Kier molecular flexibility index (Phi) is 4.48. The summed E-state index contributed by atoms with van der Waals surface area (Å²) in [7, 11) is 0. The summed E-state index contributed by atoms with van der Waals surface area (Å²) >= 11 is 0. The normalized spacial score (nSPS) is 11.6. The molecule has 0 heteroatoms. The zero-order chi connectivity index (χ0) is 8.91. The SMILES string of the molecule is C=C(C)CC(C)(C)CCCC. The van der Waals surface area contributed by atoms with Gasteiger partial charge in [-0.25, -0.2) is 0 Å². The van der Waals surface area contributed by atoms with Gasteiger partial charge in [0.2, 0.25) is 0 Å². The van der Waals surface area contributed by atoms with Crippen molar-refractivity contribution in [2.24, 2.45) is 5.41 Å². The third kappa shape index (κ3) is 6.15. The summed E-state index contributed by atoms with van der Waals surface area (Å²) in [4.78, 5) is 0. The molecule has 0 spiro atoms. The highest BCUT2D eigenvalue weighted by Gasteiger charge is 2.16. The molecule has 0 N–H and O–H groups in total. The predicted molar refractivity (Wildman–Crippen MR) is 52.7 cm³/mol. The number of unbranched alkanes of at least 4 members (excludes halogenated alkanes) is 1. The third-order valence-corrected chi connectivity index (χ3v) is 1.99. The van der Waals surface area contributed by atoms with E-state index in [4.69, 9.17) is 0 Å². The first kappa shape index (κ1) is 10.7. The molecule has 0 heterocycles. The Bertz CT molecular complexity index is 120. The first-order valence-electron chi connectivity index (χ1n) is 4.62. The average Bonchev–Trinajstić information content (AvgIpc) is 1.81. The smallest absolute Gasteiger partial charge is 0.0274 e. The van der Waals surface area contributed by atoms with Gasteiger partial charge in [-0.05, 0) is 25.2 Å². The van der Waals surface area contributed by atoms with E-state index in [1.165, 1.54) is 31.3 Å². The summed E-state index contributed by atoms with van der Waals surface area (Å²) in [5.74, 6) is 0. The highest BCUT2D eigenvalue weighted by Crippen LogP contribution is 2.29. The van der Waals surface area contributed by atoms with Gasteiger partial charge in [-0.2, -0.15) is 0 Å². The van der Waals surface area contributed by atoms with Crippen molar-refractivity contribution in [2.45, 2.75) is 53.4 Å². The van der Waals surface area contributed by atoms with Gasteiger partial charge in [-0.1, -0.05) is 39.2 Å². The Morgan fingerprint density at radius 3 is 2.27 bits per heavy atom. The number of allylic oxidation sites excluding steroid dienone is 1. The van der Waals surface area contributed by atoms with Gasteiger partial charge in [0, 0.05) is 0 Å². The van der Waals surface area contributed by atoms with Crippen LogP contribution in [0.25, 0.3) is 0 Å². The van der Waals surface area contributed by atoms with E-state index in [0.29, 0.717) is 5.41 Å². The highest BCUT2D eigenvalue weighted by atomic mass is 14.2. The van der Waals surface area contributed by atoms with E-state index in [0.717, 1.165) is 0 Å². The van der Waals surface area contributed by atoms with Crippen molar-refractivity contribution in [2.75, 3.05) is 0 Å². The minimum atomic E-state index is 0.474. The fourth-order valence-corrected chi connectivity index (χ4v) is 1.56. The molecule has 0 unspecified atom stereocenters. The van der Waals surface area contributed by atoms with Crippen LogP contribution in [0, 0.1) is 5.41 Å². The lowest BCUT2D eigenvalue weighted by molar-refractivity contribution is 0.321. The standard InChI is InChI=1S/C11H22/c1-6-7-8-11(4,5)9-10(2)3/h2,6-9H2,1,3-5H3. The van der Waals surface area contributed by atoms with Gasteiger partial charge in [0.05, 0.1) is 0 Å². The zero-order valence-electron chi connectivity index (χ0n) is 8.54. The maximum atomic E-state index is 3.95. The van der Waals surface area contributed by atoms with Crippen LogP contribution in [0.5, 0.6) is 0 Å². The van der Waals surface area contributed by atoms with Crippen LogP contribution in [0.4, 0.5) is 0 Å². The third-order valence-electron chi connectivity index (χ3n) is 1.99. The van der Waals surface area contributed by atoms with Crippen molar-refractivity contribution in [3.63, 3.8) is 0 Å². The van der Waals surface area contributed by atoms with Gasteiger partial charge in [0.1, 0.15) is 0 Å². The molecule has 0 saturated carbocycles. The van der Waals surface area contributed by atoms with Crippen LogP contribution in [-0.2, 0) is 0 Å². The molecule has 0 aliphatic rings. The molecule has 11 heavy (non-hydrogen) atoms. The lowest BCUT2D eigenvalue weighted by Gasteiger charge is -2.24. The molecule has 0 aliphatic heterocycles. The van der Waals surface area contributed by atoms with Crippen LogP contribution in [0.1, 0.15) is 53.4 Å². The predicted octanol–water partition coefficient (Wildman–Crippen LogP) is 4.17. The quantitative estimate of drug-likeness (QED) is 0.521. The van der Waals surface area contributed by atoms with Gasteiger partial charge >= 0.3 is 0 Å². The molecular weight excluding hydrogens is 132 g/mol. The summed E-state index contributed by atoms with van der Waals surface area (Å²) < 4.78 is 0. The first-order chi connectivity index (χ1) is 4.98. The van der Waals surface area contributed by atoms with Crippen molar-refractivity contribution >= 4 is 0 Å². The minimum absolute atomic E-state index is 0.474.